The van der Waals surface area contributed by atoms with E-state index in [1.165, 1.54) is 23.5 Å². The number of methoxy groups -OCH3 is 1. The molecule has 7 heteroatoms. The molecule has 2 aromatic rings. The highest BCUT2D eigenvalue weighted by Gasteiger charge is 2.26. The second kappa shape index (κ2) is 8.82. The number of hydrogen-bond acceptors (Lipinski definition) is 4. The summed E-state index contributed by atoms with van der Waals surface area (Å²) in [4.78, 5) is 12.4. The molecule has 0 spiro atoms. The molecule has 0 fully saturated rings. The van der Waals surface area contributed by atoms with E-state index in [-0.39, 0.29) is 22.1 Å². The molecule has 140 valence electrons. The van der Waals surface area contributed by atoms with Gasteiger partial charge in [0.05, 0.1) is 7.11 Å². The maximum absolute atomic E-state index is 12.8. The summed E-state index contributed by atoms with van der Waals surface area (Å²) >= 11 is 0. The first-order chi connectivity index (χ1) is 12.4. The van der Waals surface area contributed by atoms with Crippen LogP contribution in [0.3, 0.4) is 0 Å². The summed E-state index contributed by atoms with van der Waals surface area (Å²) in [6.07, 6.45) is 0. The Balaban J connectivity index is 2.29. The molecule has 0 aliphatic carbocycles. The highest BCUT2D eigenvalue weighted by atomic mass is 32.2. The predicted molar refractivity (Wildman–Crippen MR) is 101 cm³/mol. The van der Waals surface area contributed by atoms with E-state index >= 15 is 0 Å². The molecule has 26 heavy (non-hydrogen) atoms. The minimum Gasteiger partial charge on any atom is -0.495 e. The Labute approximate surface area is 154 Å². The highest BCUT2D eigenvalue weighted by Crippen LogP contribution is 2.27. The Kier molecular flexibility index (Phi) is 6.76. The van der Waals surface area contributed by atoms with Crippen LogP contribution < -0.4 is 10.1 Å². The van der Waals surface area contributed by atoms with Crippen molar-refractivity contribution in [3.8, 4) is 5.75 Å². The van der Waals surface area contributed by atoms with E-state index in [9.17, 15) is 13.2 Å². The molecule has 0 heterocycles. The van der Waals surface area contributed by atoms with Gasteiger partial charge in [0.2, 0.25) is 10.0 Å². The van der Waals surface area contributed by atoms with Crippen LogP contribution in [0.4, 0.5) is 0 Å². The van der Waals surface area contributed by atoms with E-state index in [0.717, 1.165) is 5.56 Å². The zero-order valence-electron chi connectivity index (χ0n) is 15.2. The van der Waals surface area contributed by atoms with Gasteiger partial charge in [0, 0.05) is 25.2 Å². The Morgan fingerprint density at radius 2 is 1.73 bits per heavy atom. The van der Waals surface area contributed by atoms with Gasteiger partial charge in [-0.05, 0) is 23.8 Å². The van der Waals surface area contributed by atoms with Crippen LogP contribution >= 0.6 is 0 Å². The van der Waals surface area contributed by atoms with Crippen molar-refractivity contribution in [1.29, 1.82) is 0 Å². The van der Waals surface area contributed by atoms with Crippen LogP contribution in [-0.4, -0.2) is 38.8 Å². The summed E-state index contributed by atoms with van der Waals surface area (Å²) < 4.78 is 32.2. The average Bonchev–Trinajstić information content (AvgIpc) is 2.67. The van der Waals surface area contributed by atoms with Crippen LogP contribution in [0, 0.1) is 0 Å². The lowest BCUT2D eigenvalue weighted by Gasteiger charge is -2.20. The molecule has 0 radical (unpaired) electrons. The van der Waals surface area contributed by atoms with Crippen LogP contribution in [0.2, 0.25) is 0 Å². The Morgan fingerprint density at radius 3 is 2.31 bits per heavy atom. The molecule has 1 N–H and O–H groups in total. The summed E-state index contributed by atoms with van der Waals surface area (Å²) in [6, 6.07) is 13.9. The molecule has 0 atom stereocenters. The lowest BCUT2D eigenvalue weighted by molar-refractivity contribution is 0.0950. The highest BCUT2D eigenvalue weighted by molar-refractivity contribution is 7.89. The third-order valence-corrected chi connectivity index (χ3v) is 6.12. The quantitative estimate of drug-likeness (QED) is 0.768. The number of rotatable bonds is 8. The SMILES string of the molecule is CCN(CC)S(=O)(=O)c1cc(C(=O)NCc2ccccc2)ccc1OC. The average molecular weight is 376 g/mol. The predicted octanol–water partition coefficient (Wildman–Crippen LogP) is 2.66. The Morgan fingerprint density at radius 1 is 1.08 bits per heavy atom. The lowest BCUT2D eigenvalue weighted by atomic mass is 10.2. The van der Waals surface area contributed by atoms with Gasteiger partial charge in [0.25, 0.3) is 5.91 Å². The maximum atomic E-state index is 12.8. The number of carbonyl (C=O) groups excluding carboxylic acids is 1. The number of sulfonamides is 1. The third kappa shape index (κ3) is 4.42. The summed E-state index contributed by atoms with van der Waals surface area (Å²) in [7, 11) is -2.33. The van der Waals surface area contributed by atoms with Crippen molar-refractivity contribution >= 4 is 15.9 Å². The normalized spacial score (nSPS) is 11.4. The van der Waals surface area contributed by atoms with Crippen molar-refractivity contribution in [2.24, 2.45) is 0 Å². The molecule has 0 aliphatic rings. The van der Waals surface area contributed by atoms with Crippen LogP contribution in [0.5, 0.6) is 5.75 Å². The fraction of sp³-hybridized carbons (Fsp3) is 0.316. The Hall–Kier alpha value is -2.38. The number of nitrogens with one attached hydrogen (secondary N) is 1. The molecule has 0 saturated carbocycles. The summed E-state index contributed by atoms with van der Waals surface area (Å²) in [5.41, 5.74) is 1.23. The minimum absolute atomic E-state index is 0.00365. The molecule has 0 saturated heterocycles. The summed E-state index contributed by atoms with van der Waals surface area (Å²) in [5, 5.41) is 2.80. The van der Waals surface area contributed by atoms with E-state index in [0.29, 0.717) is 19.6 Å². The second-order valence-corrected chi connectivity index (χ2v) is 7.53. The van der Waals surface area contributed by atoms with Crippen molar-refractivity contribution in [3.05, 3.63) is 59.7 Å². The molecule has 0 aromatic heterocycles. The maximum Gasteiger partial charge on any atom is 0.251 e. The largest absolute Gasteiger partial charge is 0.495 e. The van der Waals surface area contributed by atoms with Gasteiger partial charge >= 0.3 is 0 Å². The van der Waals surface area contributed by atoms with Crippen LogP contribution in [0.1, 0.15) is 29.8 Å². The van der Waals surface area contributed by atoms with E-state index in [1.807, 2.05) is 30.3 Å². The molecule has 0 aliphatic heterocycles. The topological polar surface area (TPSA) is 75.7 Å². The van der Waals surface area contributed by atoms with Gasteiger partial charge in [-0.15, -0.1) is 0 Å². The van der Waals surface area contributed by atoms with Gasteiger partial charge in [-0.1, -0.05) is 44.2 Å². The van der Waals surface area contributed by atoms with Crippen molar-refractivity contribution in [2.75, 3.05) is 20.2 Å². The third-order valence-electron chi connectivity index (χ3n) is 4.04. The van der Waals surface area contributed by atoms with Gasteiger partial charge in [-0.25, -0.2) is 8.42 Å². The first-order valence-electron chi connectivity index (χ1n) is 8.44. The first-order valence-corrected chi connectivity index (χ1v) is 9.88. The number of ether oxygens (including phenoxy) is 1. The van der Waals surface area contributed by atoms with Crippen molar-refractivity contribution in [1.82, 2.24) is 9.62 Å². The van der Waals surface area contributed by atoms with E-state index in [2.05, 4.69) is 5.32 Å². The number of hydrogen-bond donors (Lipinski definition) is 1. The van der Waals surface area contributed by atoms with Crippen molar-refractivity contribution < 1.29 is 17.9 Å². The summed E-state index contributed by atoms with van der Waals surface area (Å²) in [5.74, 6) is -0.121. The number of amides is 1. The van der Waals surface area contributed by atoms with E-state index in [1.54, 1.807) is 19.9 Å². The summed E-state index contributed by atoms with van der Waals surface area (Å²) in [6.45, 7) is 4.58. The molecule has 0 unspecified atom stereocenters. The van der Waals surface area contributed by atoms with Gasteiger partial charge < -0.3 is 10.1 Å². The van der Waals surface area contributed by atoms with Crippen molar-refractivity contribution in [3.63, 3.8) is 0 Å². The van der Waals surface area contributed by atoms with Crippen LogP contribution in [-0.2, 0) is 16.6 Å². The lowest BCUT2D eigenvalue weighted by Crippen LogP contribution is -2.31. The van der Waals surface area contributed by atoms with Crippen LogP contribution in [0.15, 0.2) is 53.4 Å². The van der Waals surface area contributed by atoms with Gasteiger partial charge in [0.1, 0.15) is 10.6 Å². The molecule has 6 nitrogen and oxygen atoms in total. The van der Waals surface area contributed by atoms with Crippen LogP contribution in [0.25, 0.3) is 0 Å². The van der Waals surface area contributed by atoms with Crippen molar-refractivity contribution in [2.45, 2.75) is 25.3 Å². The van der Waals surface area contributed by atoms with Gasteiger partial charge in [0.15, 0.2) is 0 Å². The molecular formula is C19H24N2O4S. The monoisotopic (exact) mass is 376 g/mol. The molecule has 2 rings (SSSR count). The first kappa shape index (κ1) is 19.9. The smallest absolute Gasteiger partial charge is 0.251 e. The van der Waals surface area contributed by atoms with Gasteiger partial charge in [-0.3, -0.25) is 4.79 Å². The zero-order valence-corrected chi connectivity index (χ0v) is 16.0. The number of carbonyl (C=O) groups is 1. The fourth-order valence-electron chi connectivity index (χ4n) is 2.60. The van der Waals surface area contributed by atoms with E-state index < -0.39 is 10.0 Å². The standard InChI is InChI=1S/C19H24N2O4S/c1-4-21(5-2)26(23,24)18-13-16(11-12-17(18)25-3)19(22)20-14-15-9-7-6-8-10-15/h6-13H,4-5,14H2,1-3H3,(H,20,22). The second-order valence-electron chi connectivity index (χ2n) is 5.62. The minimum atomic E-state index is -3.74. The fourth-order valence-corrected chi connectivity index (χ4v) is 4.24. The van der Waals surface area contributed by atoms with E-state index in [4.69, 9.17) is 4.74 Å². The molecule has 0 bridgehead atoms. The number of nitrogens with zero attached hydrogens (tertiary/aromatic N) is 1. The molecule has 1 amide bonds. The number of benzene rings is 2. The zero-order chi connectivity index (χ0) is 19.2. The Bertz CT molecular complexity index is 847. The molecular weight excluding hydrogens is 352 g/mol. The molecule has 2 aromatic carbocycles. The van der Waals surface area contributed by atoms with Gasteiger partial charge in [-0.2, -0.15) is 4.31 Å².